The highest BCUT2D eigenvalue weighted by molar-refractivity contribution is 9.10. The van der Waals surface area contributed by atoms with Gasteiger partial charge in [-0.05, 0) is 36.2 Å². The molecule has 0 aliphatic rings. The van der Waals surface area contributed by atoms with Crippen molar-refractivity contribution in [1.29, 1.82) is 0 Å². The van der Waals surface area contributed by atoms with Gasteiger partial charge in [0.05, 0.1) is 12.0 Å². The van der Waals surface area contributed by atoms with Crippen LogP contribution in [-0.4, -0.2) is 26.4 Å². The van der Waals surface area contributed by atoms with Gasteiger partial charge >= 0.3 is 0 Å². The van der Waals surface area contributed by atoms with E-state index in [1.54, 1.807) is 6.26 Å². The van der Waals surface area contributed by atoms with Crippen LogP contribution in [0.3, 0.4) is 0 Å². The molecule has 0 saturated carbocycles. The molecule has 26 heavy (non-hydrogen) atoms. The van der Waals surface area contributed by atoms with Crippen molar-refractivity contribution in [2.45, 2.75) is 25.5 Å². The van der Waals surface area contributed by atoms with Crippen molar-refractivity contribution in [3.8, 4) is 11.6 Å². The van der Waals surface area contributed by atoms with Crippen LogP contribution in [0.25, 0.3) is 11.6 Å². The molecule has 0 saturated heterocycles. The Morgan fingerprint density at radius 1 is 1.31 bits per heavy atom. The molecule has 0 aliphatic carbocycles. The van der Waals surface area contributed by atoms with Crippen LogP contribution in [0.1, 0.15) is 13.8 Å². The molecular formula is C18H19BrN4O2S. The van der Waals surface area contributed by atoms with E-state index in [1.165, 1.54) is 11.8 Å². The molecule has 1 N–H and O–H groups in total. The number of benzene rings is 1. The second-order valence-electron chi connectivity index (χ2n) is 6.14. The van der Waals surface area contributed by atoms with Crippen LogP contribution in [0, 0.1) is 5.92 Å². The molecule has 0 fully saturated rings. The van der Waals surface area contributed by atoms with Crippen molar-refractivity contribution < 1.29 is 9.21 Å². The quantitative estimate of drug-likeness (QED) is 0.546. The molecular weight excluding hydrogens is 416 g/mol. The first-order chi connectivity index (χ1) is 12.5. The maximum absolute atomic E-state index is 12.2. The minimum atomic E-state index is -0.0910. The lowest BCUT2D eigenvalue weighted by Gasteiger charge is -2.11. The van der Waals surface area contributed by atoms with E-state index in [9.17, 15) is 4.79 Å². The number of nitrogens with one attached hydrogen (secondary N) is 1. The smallest absolute Gasteiger partial charge is 0.234 e. The van der Waals surface area contributed by atoms with Crippen LogP contribution >= 0.6 is 27.7 Å². The third-order valence-corrected chi connectivity index (χ3v) is 4.91. The van der Waals surface area contributed by atoms with E-state index in [1.807, 2.05) is 41.0 Å². The highest BCUT2D eigenvalue weighted by atomic mass is 79.9. The zero-order chi connectivity index (χ0) is 18.5. The first-order valence-corrected chi connectivity index (χ1v) is 9.96. The van der Waals surface area contributed by atoms with Crippen LogP contribution in [0.5, 0.6) is 0 Å². The van der Waals surface area contributed by atoms with Gasteiger partial charge in [0, 0.05) is 16.7 Å². The maximum Gasteiger partial charge on any atom is 0.234 e. The van der Waals surface area contributed by atoms with Crippen LogP contribution in [0.15, 0.2) is 56.7 Å². The van der Waals surface area contributed by atoms with Gasteiger partial charge in [-0.25, -0.2) is 0 Å². The monoisotopic (exact) mass is 434 g/mol. The highest BCUT2D eigenvalue weighted by Crippen LogP contribution is 2.25. The summed E-state index contributed by atoms with van der Waals surface area (Å²) in [7, 11) is 0. The largest absolute Gasteiger partial charge is 0.461 e. The fourth-order valence-corrected chi connectivity index (χ4v) is 3.55. The number of furan rings is 1. The van der Waals surface area contributed by atoms with Gasteiger partial charge in [-0.2, -0.15) is 0 Å². The van der Waals surface area contributed by atoms with Crippen molar-refractivity contribution >= 4 is 39.3 Å². The molecule has 0 radical (unpaired) electrons. The molecule has 0 bridgehead atoms. The number of carbonyl (C=O) groups excluding carboxylic acids is 1. The molecule has 0 unspecified atom stereocenters. The van der Waals surface area contributed by atoms with Crippen molar-refractivity contribution in [1.82, 2.24) is 14.8 Å². The minimum Gasteiger partial charge on any atom is -0.461 e. The van der Waals surface area contributed by atoms with Gasteiger partial charge in [0.2, 0.25) is 5.91 Å². The summed E-state index contributed by atoms with van der Waals surface area (Å²) >= 11 is 4.76. The molecule has 0 spiro atoms. The minimum absolute atomic E-state index is 0.0910. The fraction of sp³-hybridized carbons (Fsp3) is 0.278. The predicted molar refractivity (Wildman–Crippen MR) is 106 cm³/mol. The summed E-state index contributed by atoms with van der Waals surface area (Å²) in [4.78, 5) is 12.2. The number of hydrogen-bond acceptors (Lipinski definition) is 5. The third kappa shape index (κ3) is 4.76. The number of carbonyl (C=O) groups is 1. The molecule has 1 aromatic carbocycles. The number of anilines is 1. The Labute approximate surface area is 164 Å². The average molecular weight is 435 g/mol. The van der Waals surface area contributed by atoms with Crippen molar-refractivity contribution in [3.05, 3.63) is 47.1 Å². The lowest BCUT2D eigenvalue weighted by molar-refractivity contribution is -0.113. The van der Waals surface area contributed by atoms with E-state index < -0.39 is 0 Å². The maximum atomic E-state index is 12.2. The summed E-state index contributed by atoms with van der Waals surface area (Å²) in [6.45, 7) is 5.00. The van der Waals surface area contributed by atoms with Crippen molar-refractivity contribution in [2.75, 3.05) is 11.1 Å². The van der Waals surface area contributed by atoms with E-state index in [0.717, 1.165) is 16.7 Å². The topological polar surface area (TPSA) is 73.0 Å². The number of aromatic nitrogens is 3. The summed E-state index contributed by atoms with van der Waals surface area (Å²) in [5.74, 6) is 1.92. The Morgan fingerprint density at radius 3 is 2.85 bits per heavy atom. The van der Waals surface area contributed by atoms with Crippen LogP contribution in [0.4, 0.5) is 5.69 Å². The molecule has 3 aromatic rings. The summed E-state index contributed by atoms with van der Waals surface area (Å²) < 4.78 is 8.37. The van der Waals surface area contributed by atoms with Crippen molar-refractivity contribution in [2.24, 2.45) is 5.92 Å². The van der Waals surface area contributed by atoms with Gasteiger partial charge in [-0.15, -0.1) is 10.2 Å². The van der Waals surface area contributed by atoms with Gasteiger partial charge < -0.3 is 9.73 Å². The molecule has 2 aromatic heterocycles. The molecule has 8 heteroatoms. The van der Waals surface area contributed by atoms with E-state index in [-0.39, 0.29) is 11.7 Å². The Morgan fingerprint density at radius 2 is 2.15 bits per heavy atom. The summed E-state index contributed by atoms with van der Waals surface area (Å²) in [5.41, 5.74) is 0.755. The summed E-state index contributed by atoms with van der Waals surface area (Å²) in [6.07, 6.45) is 1.61. The molecule has 1 amide bonds. The summed E-state index contributed by atoms with van der Waals surface area (Å²) in [6, 6.07) is 11.2. The molecule has 136 valence electrons. The molecule has 0 aliphatic heterocycles. The fourth-order valence-electron chi connectivity index (χ4n) is 2.41. The molecule has 3 rings (SSSR count). The first-order valence-electron chi connectivity index (χ1n) is 8.18. The Balaban J connectivity index is 1.70. The van der Waals surface area contributed by atoms with Crippen LogP contribution in [0.2, 0.25) is 0 Å². The van der Waals surface area contributed by atoms with Crippen LogP contribution < -0.4 is 5.32 Å². The lowest BCUT2D eigenvalue weighted by Crippen LogP contribution is -2.15. The SMILES string of the molecule is CC(C)Cn1c(SCC(=O)Nc2cccc(Br)c2)nnc1-c1ccco1. The Bertz CT molecular complexity index is 877. The Hall–Kier alpha value is -2.06. The summed E-state index contributed by atoms with van der Waals surface area (Å²) in [5, 5.41) is 12.1. The van der Waals surface area contributed by atoms with Gasteiger partial charge in [0.15, 0.2) is 16.7 Å². The predicted octanol–water partition coefficient (Wildman–Crippen LogP) is 4.69. The number of amides is 1. The van der Waals surface area contributed by atoms with Crippen molar-refractivity contribution in [3.63, 3.8) is 0 Å². The zero-order valence-corrected chi connectivity index (χ0v) is 16.9. The average Bonchev–Trinajstić information content (AvgIpc) is 3.22. The first kappa shape index (κ1) is 18.7. The molecule has 6 nitrogen and oxygen atoms in total. The van der Waals surface area contributed by atoms with Gasteiger partial charge in [0.1, 0.15) is 0 Å². The van der Waals surface area contributed by atoms with E-state index in [2.05, 4.69) is 45.3 Å². The van der Waals surface area contributed by atoms with Gasteiger partial charge in [-0.3, -0.25) is 9.36 Å². The second-order valence-corrected chi connectivity index (χ2v) is 7.99. The zero-order valence-electron chi connectivity index (χ0n) is 14.5. The van der Waals surface area contributed by atoms with E-state index in [0.29, 0.717) is 22.7 Å². The number of halogens is 1. The molecule has 2 heterocycles. The molecule has 0 atom stereocenters. The second kappa shape index (κ2) is 8.55. The van der Waals surface area contributed by atoms with E-state index in [4.69, 9.17) is 4.42 Å². The standard InChI is InChI=1S/C18H19BrN4O2S/c1-12(2)10-23-17(15-7-4-8-25-15)21-22-18(23)26-11-16(24)20-14-6-3-5-13(19)9-14/h3-9,12H,10-11H2,1-2H3,(H,20,24). The number of rotatable bonds is 7. The third-order valence-electron chi connectivity index (χ3n) is 3.45. The number of hydrogen-bond donors (Lipinski definition) is 1. The number of nitrogens with zero attached hydrogens (tertiary/aromatic N) is 3. The van der Waals surface area contributed by atoms with Gasteiger partial charge in [-0.1, -0.05) is 47.6 Å². The van der Waals surface area contributed by atoms with Crippen LogP contribution in [-0.2, 0) is 11.3 Å². The van der Waals surface area contributed by atoms with Gasteiger partial charge in [0.25, 0.3) is 0 Å². The normalized spacial score (nSPS) is 11.1. The Kier molecular flexibility index (Phi) is 6.16. The number of thioether (sulfide) groups is 1. The van der Waals surface area contributed by atoms with E-state index >= 15 is 0 Å². The lowest BCUT2D eigenvalue weighted by atomic mass is 10.2. The highest BCUT2D eigenvalue weighted by Gasteiger charge is 2.18.